The van der Waals surface area contributed by atoms with E-state index in [4.69, 9.17) is 8.83 Å². The van der Waals surface area contributed by atoms with Gasteiger partial charge in [0.1, 0.15) is 5.76 Å². The zero-order valence-corrected chi connectivity index (χ0v) is 20.7. The standard InChI is InChI=1S/C29H33NO4/c1-7-9-22(23-10-8-15-33-23)30-27(32)25-12-11-24(34-25)26(31)19-17-21-20(16-18(19)2)28(3,4)13-14-29(21,5)6/h7-8,10-12,15-17,22H,1,9,13-14H2,2-6H3,(H,30,32). The SMILES string of the molecule is C=CCC(NC(=O)c1ccc(C(=O)c2cc3c(cc2C)C(C)(C)CCC3(C)C)o1)c1ccco1. The highest BCUT2D eigenvalue weighted by Crippen LogP contribution is 2.46. The maximum absolute atomic E-state index is 13.4. The number of amides is 1. The number of carbonyl (C=O) groups is 2. The van der Waals surface area contributed by atoms with E-state index in [1.54, 1.807) is 30.5 Å². The number of hydrogen-bond donors (Lipinski definition) is 1. The molecule has 34 heavy (non-hydrogen) atoms. The topological polar surface area (TPSA) is 72.5 Å². The van der Waals surface area contributed by atoms with Crippen molar-refractivity contribution < 1.29 is 18.4 Å². The average molecular weight is 460 g/mol. The molecular formula is C29H33NO4. The molecule has 3 aromatic rings. The summed E-state index contributed by atoms with van der Waals surface area (Å²) in [6.45, 7) is 14.7. The molecule has 0 bridgehead atoms. The predicted molar refractivity (Wildman–Crippen MR) is 132 cm³/mol. The number of fused-ring (bicyclic) bond motifs is 1. The van der Waals surface area contributed by atoms with Gasteiger partial charge in [0.25, 0.3) is 5.91 Å². The molecule has 1 unspecified atom stereocenters. The van der Waals surface area contributed by atoms with Crippen LogP contribution in [0, 0.1) is 6.92 Å². The summed E-state index contributed by atoms with van der Waals surface area (Å²) in [5.74, 6) is 0.242. The van der Waals surface area contributed by atoms with E-state index in [2.05, 4.69) is 45.7 Å². The minimum absolute atomic E-state index is 0.00614. The fraction of sp³-hybridized carbons (Fsp3) is 0.379. The molecule has 1 N–H and O–H groups in total. The van der Waals surface area contributed by atoms with Gasteiger partial charge in [0.05, 0.1) is 12.3 Å². The zero-order valence-electron chi connectivity index (χ0n) is 20.7. The van der Waals surface area contributed by atoms with E-state index in [1.807, 2.05) is 13.0 Å². The Hall–Kier alpha value is -3.34. The van der Waals surface area contributed by atoms with E-state index in [0.29, 0.717) is 17.7 Å². The van der Waals surface area contributed by atoms with Gasteiger partial charge in [-0.2, -0.15) is 0 Å². The fourth-order valence-electron chi connectivity index (χ4n) is 4.81. The van der Waals surface area contributed by atoms with Gasteiger partial charge in [-0.15, -0.1) is 6.58 Å². The molecule has 0 spiro atoms. The highest BCUT2D eigenvalue weighted by molar-refractivity contribution is 6.09. The maximum atomic E-state index is 13.4. The number of rotatable bonds is 7. The Morgan fingerprint density at radius 1 is 1.06 bits per heavy atom. The number of ketones is 1. The summed E-state index contributed by atoms with van der Waals surface area (Å²) in [4.78, 5) is 26.2. The predicted octanol–water partition coefficient (Wildman–Crippen LogP) is 6.81. The first-order valence-electron chi connectivity index (χ1n) is 11.8. The summed E-state index contributed by atoms with van der Waals surface area (Å²) in [6.07, 6.45) is 5.96. The molecule has 178 valence electrons. The number of aryl methyl sites for hydroxylation is 1. The first kappa shape index (κ1) is 23.8. The smallest absolute Gasteiger partial charge is 0.287 e. The van der Waals surface area contributed by atoms with Gasteiger partial charge in [0.15, 0.2) is 11.5 Å². The Kier molecular flexibility index (Phi) is 6.15. The van der Waals surface area contributed by atoms with E-state index >= 15 is 0 Å². The molecule has 0 aliphatic heterocycles. The van der Waals surface area contributed by atoms with E-state index in [0.717, 1.165) is 18.4 Å². The van der Waals surface area contributed by atoms with Crippen LogP contribution < -0.4 is 5.32 Å². The highest BCUT2D eigenvalue weighted by Gasteiger charge is 2.38. The van der Waals surface area contributed by atoms with Gasteiger partial charge in [0, 0.05) is 5.56 Å². The van der Waals surface area contributed by atoms with Crippen molar-refractivity contribution in [1.82, 2.24) is 5.32 Å². The number of benzene rings is 1. The van der Waals surface area contributed by atoms with Crippen molar-refractivity contribution in [3.05, 3.63) is 94.9 Å². The van der Waals surface area contributed by atoms with E-state index < -0.39 is 5.91 Å². The molecular weight excluding hydrogens is 426 g/mol. The second-order valence-electron chi connectivity index (χ2n) is 10.5. The zero-order chi connectivity index (χ0) is 24.7. The molecule has 1 amide bonds. The average Bonchev–Trinajstić information content (AvgIpc) is 3.48. The van der Waals surface area contributed by atoms with Crippen molar-refractivity contribution in [2.24, 2.45) is 0 Å². The van der Waals surface area contributed by atoms with Crippen molar-refractivity contribution in [3.8, 4) is 0 Å². The van der Waals surface area contributed by atoms with Gasteiger partial charge < -0.3 is 14.2 Å². The van der Waals surface area contributed by atoms with Crippen LogP contribution >= 0.6 is 0 Å². The first-order valence-corrected chi connectivity index (χ1v) is 11.8. The Labute approximate surface area is 201 Å². The Balaban J connectivity index is 1.60. The summed E-state index contributed by atoms with van der Waals surface area (Å²) in [5, 5.41) is 2.89. The second-order valence-corrected chi connectivity index (χ2v) is 10.5. The molecule has 1 aromatic carbocycles. The molecule has 0 radical (unpaired) electrons. The van der Waals surface area contributed by atoms with Crippen LogP contribution in [0.3, 0.4) is 0 Å². The minimum Gasteiger partial charge on any atom is -0.467 e. The molecule has 0 saturated heterocycles. The largest absolute Gasteiger partial charge is 0.467 e. The van der Waals surface area contributed by atoms with Gasteiger partial charge >= 0.3 is 0 Å². The molecule has 4 rings (SSSR count). The number of furan rings is 2. The van der Waals surface area contributed by atoms with Crippen LogP contribution in [-0.4, -0.2) is 11.7 Å². The Morgan fingerprint density at radius 2 is 1.71 bits per heavy atom. The van der Waals surface area contributed by atoms with Crippen LogP contribution in [0.2, 0.25) is 0 Å². The molecule has 0 fully saturated rings. The van der Waals surface area contributed by atoms with Crippen LogP contribution in [-0.2, 0) is 10.8 Å². The summed E-state index contributed by atoms with van der Waals surface area (Å²) >= 11 is 0. The Morgan fingerprint density at radius 3 is 2.32 bits per heavy atom. The third kappa shape index (κ3) is 4.39. The van der Waals surface area contributed by atoms with Crippen LogP contribution in [0.15, 0.2) is 64.2 Å². The Bertz CT molecular complexity index is 1230. The molecule has 2 heterocycles. The number of hydrogen-bond acceptors (Lipinski definition) is 4. The molecule has 2 aromatic heterocycles. The van der Waals surface area contributed by atoms with Crippen molar-refractivity contribution >= 4 is 11.7 Å². The minimum atomic E-state index is -0.410. The molecule has 1 aliphatic carbocycles. The quantitative estimate of drug-likeness (QED) is 0.311. The lowest BCUT2D eigenvalue weighted by atomic mass is 9.62. The summed E-state index contributed by atoms with van der Waals surface area (Å²) < 4.78 is 11.2. The lowest BCUT2D eigenvalue weighted by Gasteiger charge is -2.42. The fourth-order valence-corrected chi connectivity index (χ4v) is 4.81. The van der Waals surface area contributed by atoms with Gasteiger partial charge in [-0.05, 0) is 84.0 Å². The monoisotopic (exact) mass is 459 g/mol. The van der Waals surface area contributed by atoms with Crippen LogP contribution in [0.4, 0.5) is 0 Å². The molecule has 5 heteroatoms. The molecule has 0 saturated carbocycles. The number of carbonyl (C=O) groups excluding carboxylic acids is 2. The second kappa shape index (κ2) is 8.79. The van der Waals surface area contributed by atoms with Crippen LogP contribution in [0.5, 0.6) is 0 Å². The lowest BCUT2D eigenvalue weighted by Crippen LogP contribution is -2.34. The molecule has 1 aliphatic rings. The van der Waals surface area contributed by atoms with Crippen molar-refractivity contribution in [3.63, 3.8) is 0 Å². The van der Waals surface area contributed by atoms with E-state index in [9.17, 15) is 9.59 Å². The lowest BCUT2D eigenvalue weighted by molar-refractivity contribution is 0.0898. The molecule has 5 nitrogen and oxygen atoms in total. The summed E-state index contributed by atoms with van der Waals surface area (Å²) in [7, 11) is 0. The van der Waals surface area contributed by atoms with Crippen LogP contribution in [0.1, 0.15) is 102 Å². The third-order valence-corrected chi connectivity index (χ3v) is 7.09. The van der Waals surface area contributed by atoms with Gasteiger partial charge in [0.2, 0.25) is 5.78 Å². The van der Waals surface area contributed by atoms with Gasteiger partial charge in [-0.25, -0.2) is 0 Å². The van der Waals surface area contributed by atoms with E-state index in [-0.39, 0.29) is 34.2 Å². The van der Waals surface area contributed by atoms with Crippen molar-refractivity contribution in [2.45, 2.75) is 70.8 Å². The van der Waals surface area contributed by atoms with Crippen molar-refractivity contribution in [1.29, 1.82) is 0 Å². The summed E-state index contributed by atoms with van der Waals surface area (Å²) in [6, 6.07) is 10.5. The van der Waals surface area contributed by atoms with Crippen molar-refractivity contribution in [2.75, 3.05) is 0 Å². The molecule has 1 atom stereocenters. The van der Waals surface area contributed by atoms with Gasteiger partial charge in [-0.1, -0.05) is 39.8 Å². The maximum Gasteiger partial charge on any atom is 0.287 e. The highest BCUT2D eigenvalue weighted by atomic mass is 16.4. The normalized spacial score (nSPS) is 17.0. The third-order valence-electron chi connectivity index (χ3n) is 7.09. The van der Waals surface area contributed by atoms with Crippen LogP contribution in [0.25, 0.3) is 0 Å². The first-order chi connectivity index (χ1) is 16.0. The van der Waals surface area contributed by atoms with E-state index in [1.165, 1.54) is 17.2 Å². The number of nitrogens with one attached hydrogen (secondary N) is 1. The van der Waals surface area contributed by atoms with Gasteiger partial charge in [-0.3, -0.25) is 9.59 Å². The summed E-state index contributed by atoms with van der Waals surface area (Å²) in [5.41, 5.74) is 4.12.